The van der Waals surface area contributed by atoms with Crippen molar-refractivity contribution in [1.29, 1.82) is 0 Å². The van der Waals surface area contributed by atoms with Crippen molar-refractivity contribution in [2.45, 2.75) is 263 Å². The largest absolute Gasteiger partial charge is 0.507 e. The standard InChI is InChI=1S/C59H88O22/c1-14-15-42(61)71-33(11)53(65)56(68)57(70-13)36-17-34-16-35-18-38(77-44-20-39(25(3)29(7)73-44)78-43-19-37(60)24(2)28(6)72-43)26(4)50(62)48(35)54(66)49(34)55(67)58(36)81-46-22-40(51(63)32(10)76-46)79-45-21-41(52(64)31(9)75-45)80-47-23-59(12,69)27(5)30(8)74-47/h16,18,24-25,27-33,36-37,39-41,43-47,51-53,57-58,60,62-66,69H,14-15,17,19-23H2,1-13H3/t24-,25-,27-,28?,29?,30?,31?,32?,33+,36-,37+,39+,40+,41+,43+,44-,45-,46-,47-,51+,52+,53-,57-,58-,59+/m0/s1. The monoisotopic (exact) mass is 1150 g/mol. The number of esters is 1. The van der Waals surface area contributed by atoms with Crippen molar-refractivity contribution in [2.24, 2.45) is 23.7 Å². The van der Waals surface area contributed by atoms with Crippen molar-refractivity contribution >= 4 is 28.3 Å². The molecule has 5 fully saturated rings. The summed E-state index contributed by atoms with van der Waals surface area (Å²) in [5.41, 5.74) is -0.843. The second-order valence-electron chi connectivity index (χ2n) is 24.0. The maximum absolute atomic E-state index is 15.3. The van der Waals surface area contributed by atoms with Crippen LogP contribution in [0.1, 0.15) is 143 Å². The fraction of sp³-hybridized carbons (Fsp3) is 0.780. The summed E-state index contributed by atoms with van der Waals surface area (Å²) in [7, 11) is 1.22. The molecular weight excluding hydrogens is 1060 g/mol. The minimum atomic E-state index is -1.91. The third-order valence-electron chi connectivity index (χ3n) is 18.2. The number of hydrogen-bond donors (Lipinski definition) is 7. The van der Waals surface area contributed by atoms with E-state index in [1.165, 1.54) is 14.0 Å². The van der Waals surface area contributed by atoms with E-state index < -0.39 is 133 Å². The molecule has 456 valence electrons. The molecule has 8 rings (SSSR count). The van der Waals surface area contributed by atoms with Crippen LogP contribution in [0.5, 0.6) is 17.2 Å². The lowest BCUT2D eigenvalue weighted by Crippen LogP contribution is -2.57. The molecule has 5 aliphatic heterocycles. The van der Waals surface area contributed by atoms with Gasteiger partial charge in [-0.05, 0) is 91.3 Å². The van der Waals surface area contributed by atoms with Crippen molar-refractivity contribution in [3.63, 3.8) is 0 Å². The summed E-state index contributed by atoms with van der Waals surface area (Å²) in [6.45, 7) is 21.1. The number of phenolic OH excluding ortho intramolecular Hbond substituents is 2. The fourth-order valence-electron chi connectivity index (χ4n) is 12.3. The number of phenols is 2. The molecule has 81 heavy (non-hydrogen) atoms. The minimum absolute atomic E-state index is 0.00452. The zero-order valence-electron chi connectivity index (χ0n) is 48.9. The number of benzene rings is 2. The molecule has 5 heterocycles. The number of ketones is 2. The van der Waals surface area contributed by atoms with Gasteiger partial charge in [-0.25, -0.2) is 0 Å². The molecule has 22 nitrogen and oxygen atoms in total. The third kappa shape index (κ3) is 13.6. The Kier molecular flexibility index (Phi) is 20.2. The number of ether oxygens (including phenoxy) is 12. The van der Waals surface area contributed by atoms with Crippen LogP contribution in [0.3, 0.4) is 0 Å². The molecule has 6 aliphatic rings. The highest BCUT2D eigenvalue weighted by Gasteiger charge is 2.51. The van der Waals surface area contributed by atoms with Crippen molar-refractivity contribution < 1.29 is 107 Å². The molecule has 0 radical (unpaired) electrons. The van der Waals surface area contributed by atoms with E-state index in [1.807, 2.05) is 41.5 Å². The van der Waals surface area contributed by atoms with Gasteiger partial charge in [0.2, 0.25) is 6.29 Å². The van der Waals surface area contributed by atoms with Gasteiger partial charge in [-0.1, -0.05) is 27.7 Å². The quantitative estimate of drug-likeness (QED) is 0.0974. The highest BCUT2D eigenvalue weighted by atomic mass is 16.7. The third-order valence-corrected chi connectivity index (χ3v) is 18.2. The Morgan fingerprint density at radius 2 is 1.27 bits per heavy atom. The average molecular weight is 1150 g/mol. The van der Waals surface area contributed by atoms with E-state index in [9.17, 15) is 45.3 Å². The van der Waals surface area contributed by atoms with Crippen LogP contribution in [-0.2, 0) is 68.1 Å². The summed E-state index contributed by atoms with van der Waals surface area (Å²) >= 11 is 0. The number of fused-ring (bicyclic) bond motifs is 2. The minimum Gasteiger partial charge on any atom is -0.507 e. The Hall–Kier alpha value is -3.69. The molecule has 2 aromatic rings. The fourth-order valence-corrected chi connectivity index (χ4v) is 12.3. The van der Waals surface area contributed by atoms with Crippen LogP contribution in [0.15, 0.2) is 12.1 Å². The van der Waals surface area contributed by atoms with Gasteiger partial charge in [0.15, 0.2) is 42.8 Å². The van der Waals surface area contributed by atoms with Gasteiger partial charge in [0.25, 0.3) is 0 Å². The van der Waals surface area contributed by atoms with E-state index in [0.717, 1.165) is 0 Å². The maximum Gasteiger partial charge on any atom is 0.306 e. The number of carbonyl (C=O) groups is 3. The van der Waals surface area contributed by atoms with Gasteiger partial charge in [0.1, 0.15) is 47.8 Å². The van der Waals surface area contributed by atoms with E-state index in [1.54, 1.807) is 46.8 Å². The van der Waals surface area contributed by atoms with Crippen LogP contribution in [0.4, 0.5) is 0 Å². The Labute approximate surface area is 473 Å². The Morgan fingerprint density at radius 1 is 0.728 bits per heavy atom. The first-order valence-electron chi connectivity index (χ1n) is 28.9. The molecule has 1 aliphatic carbocycles. The van der Waals surface area contributed by atoms with Gasteiger partial charge in [-0.15, -0.1) is 0 Å². The topological polar surface area (TPSA) is 304 Å². The summed E-state index contributed by atoms with van der Waals surface area (Å²) in [6, 6.07) is 3.20. The van der Waals surface area contributed by atoms with Crippen LogP contribution < -0.4 is 4.74 Å². The van der Waals surface area contributed by atoms with E-state index in [4.69, 9.17) is 56.8 Å². The van der Waals surface area contributed by atoms with Gasteiger partial charge in [0, 0.05) is 74.9 Å². The van der Waals surface area contributed by atoms with Gasteiger partial charge >= 0.3 is 5.97 Å². The van der Waals surface area contributed by atoms with Crippen LogP contribution in [0.25, 0.3) is 10.8 Å². The van der Waals surface area contributed by atoms with Crippen LogP contribution in [0, 0.1) is 30.6 Å². The van der Waals surface area contributed by atoms with E-state index in [2.05, 4.69) is 0 Å². The molecule has 0 aromatic heterocycles. The van der Waals surface area contributed by atoms with E-state index in [-0.39, 0.29) is 120 Å². The summed E-state index contributed by atoms with van der Waals surface area (Å²) in [5, 5.41) is 80.3. The molecule has 2 aromatic carbocycles. The number of methoxy groups -OCH3 is 1. The summed E-state index contributed by atoms with van der Waals surface area (Å²) in [5.74, 6) is -4.66. The van der Waals surface area contributed by atoms with E-state index >= 15 is 4.79 Å². The SMILES string of the molecule is CCCC(=O)O[C@H](C)[C@H](O)C(=O)[C@@H](OC)[C@@H]1Cc2cc3cc(O[C@H]4C[C@@H](O[C@@H]5C[C@@H](O)[C@@H](C)C(C)O5)[C@@H](C)C(C)O4)c(C)c(O)c3c(O)c2C(=O)[C@H]1O[C@H]1C[C@@H](O[C@H]2C[C@@H](O[C@H]3C[C@@](C)(O)[C@@H](C)C(C)O3)[C@H](O)C(C)O2)[C@H](O)C(C)O1. The van der Waals surface area contributed by atoms with Crippen molar-refractivity contribution in [3.05, 3.63) is 28.8 Å². The predicted molar refractivity (Wildman–Crippen MR) is 287 cm³/mol. The van der Waals surface area contributed by atoms with Crippen LogP contribution in [0.2, 0.25) is 0 Å². The van der Waals surface area contributed by atoms with Crippen molar-refractivity contribution in [3.8, 4) is 17.2 Å². The number of aromatic hydroxyl groups is 2. The Morgan fingerprint density at radius 3 is 1.88 bits per heavy atom. The summed E-state index contributed by atoms with van der Waals surface area (Å²) in [4.78, 5) is 42.2. The van der Waals surface area contributed by atoms with Gasteiger partial charge in [0.05, 0.1) is 71.5 Å². The number of rotatable bonds is 18. The molecule has 7 N–H and O–H groups in total. The number of hydrogen-bond acceptors (Lipinski definition) is 22. The molecular formula is C59H88O22. The van der Waals surface area contributed by atoms with Gasteiger partial charge in [-0.3, -0.25) is 14.4 Å². The molecule has 0 bridgehead atoms. The maximum atomic E-state index is 15.3. The number of aliphatic hydroxyl groups excluding tert-OH is 4. The highest BCUT2D eigenvalue weighted by Crippen LogP contribution is 2.48. The molecule has 22 heteroatoms. The normalized spacial score (nSPS) is 40.5. The summed E-state index contributed by atoms with van der Waals surface area (Å²) in [6.07, 6.45) is -18.2. The predicted octanol–water partition coefficient (Wildman–Crippen LogP) is 4.93. The first-order chi connectivity index (χ1) is 38.1. The highest BCUT2D eigenvalue weighted by molar-refractivity contribution is 6.11. The molecule has 5 saturated heterocycles. The summed E-state index contributed by atoms with van der Waals surface area (Å²) < 4.78 is 74.2. The molecule has 0 spiro atoms. The second kappa shape index (κ2) is 25.9. The van der Waals surface area contributed by atoms with Crippen molar-refractivity contribution in [2.75, 3.05) is 7.11 Å². The lowest BCUT2D eigenvalue weighted by atomic mass is 9.75. The van der Waals surface area contributed by atoms with Gasteiger partial charge < -0.3 is 92.6 Å². The van der Waals surface area contributed by atoms with E-state index in [0.29, 0.717) is 12.8 Å². The number of carbonyl (C=O) groups excluding carboxylic acids is 3. The molecule has 25 atom stereocenters. The zero-order valence-corrected chi connectivity index (χ0v) is 48.9. The van der Waals surface area contributed by atoms with Gasteiger partial charge in [-0.2, -0.15) is 0 Å². The Bertz CT molecular complexity index is 2510. The van der Waals surface area contributed by atoms with Crippen LogP contribution >= 0.6 is 0 Å². The molecule has 0 saturated carbocycles. The first-order valence-corrected chi connectivity index (χ1v) is 28.9. The van der Waals surface area contributed by atoms with Crippen LogP contribution in [-0.4, -0.2) is 189 Å². The zero-order chi connectivity index (χ0) is 59.3. The van der Waals surface area contributed by atoms with Crippen molar-refractivity contribution in [1.82, 2.24) is 0 Å². The smallest absolute Gasteiger partial charge is 0.306 e. The number of Topliss-reactive ketones (excluding diaryl/α,β-unsaturated/α-hetero) is 2. The number of aliphatic hydroxyl groups is 5. The lowest BCUT2D eigenvalue weighted by molar-refractivity contribution is -0.331. The lowest BCUT2D eigenvalue weighted by Gasteiger charge is -2.46. The Balaban J connectivity index is 1.07. The molecule has 5 unspecified atom stereocenters. The first kappa shape index (κ1) is 63.3. The molecule has 0 amide bonds. The second-order valence-corrected chi connectivity index (χ2v) is 24.0. The average Bonchev–Trinajstić information content (AvgIpc) is 2.71.